The summed E-state index contributed by atoms with van der Waals surface area (Å²) in [5.41, 5.74) is -2.00. The lowest BCUT2D eigenvalue weighted by Crippen LogP contribution is -2.55. The zero-order chi connectivity index (χ0) is 20.8. The van der Waals surface area contributed by atoms with Gasteiger partial charge in [-0.3, -0.25) is 9.59 Å². The van der Waals surface area contributed by atoms with Gasteiger partial charge in [0.15, 0.2) is 0 Å². The minimum atomic E-state index is -1.74. The van der Waals surface area contributed by atoms with E-state index in [-0.39, 0.29) is 23.6 Å². The van der Waals surface area contributed by atoms with Gasteiger partial charge in [-0.2, -0.15) is 5.26 Å². The summed E-state index contributed by atoms with van der Waals surface area (Å²) in [5.74, 6) is -0.342. The number of nitrogens with zero attached hydrogens (tertiary/aromatic N) is 3. The first-order chi connectivity index (χ1) is 12.5. The molecule has 0 bridgehead atoms. The van der Waals surface area contributed by atoms with Crippen LogP contribution in [-0.2, 0) is 15.3 Å². The van der Waals surface area contributed by atoms with E-state index >= 15 is 0 Å². The number of hydrogen-bond donors (Lipinski definition) is 1. The topological polar surface area (TPSA) is 84.6 Å². The molecule has 0 aliphatic carbocycles. The third kappa shape index (κ3) is 5.27. The maximum Gasteiger partial charge on any atom is 0.252 e. The van der Waals surface area contributed by atoms with Crippen LogP contribution in [0.3, 0.4) is 0 Å². The molecule has 1 N–H and O–H groups in total. The Morgan fingerprint density at radius 1 is 1.30 bits per heavy atom. The molecule has 0 atom stereocenters. The average Bonchev–Trinajstić information content (AvgIpc) is 2.62. The second-order valence-corrected chi connectivity index (χ2v) is 7.47. The molecule has 1 aromatic rings. The third-order valence-corrected chi connectivity index (χ3v) is 4.63. The fourth-order valence-corrected chi connectivity index (χ4v) is 2.84. The molecule has 0 unspecified atom stereocenters. The highest BCUT2D eigenvalue weighted by Crippen LogP contribution is 2.32. The van der Waals surface area contributed by atoms with Gasteiger partial charge in [-0.15, -0.1) is 0 Å². The van der Waals surface area contributed by atoms with Crippen LogP contribution < -0.4 is 4.90 Å². The number of carbonyl (C=O) groups is 2. The van der Waals surface area contributed by atoms with Crippen LogP contribution in [0.4, 0.5) is 10.1 Å². The summed E-state index contributed by atoms with van der Waals surface area (Å²) in [5, 5.41) is 18.1. The normalized spacial score (nSPS) is 11.6. The predicted octanol–water partition coefficient (Wildman–Crippen LogP) is 2.74. The molecule has 0 aromatic heterocycles. The summed E-state index contributed by atoms with van der Waals surface area (Å²) < 4.78 is 14.5. The molecule has 7 heteroatoms. The van der Waals surface area contributed by atoms with E-state index in [0.717, 1.165) is 0 Å². The van der Waals surface area contributed by atoms with E-state index in [4.69, 9.17) is 5.11 Å². The molecule has 0 fully saturated rings. The quantitative estimate of drug-likeness (QED) is 0.530. The Morgan fingerprint density at radius 2 is 1.93 bits per heavy atom. The van der Waals surface area contributed by atoms with E-state index in [1.54, 1.807) is 27.0 Å². The fraction of sp³-hybridized carbons (Fsp3) is 0.550. The molecule has 0 aliphatic heterocycles. The van der Waals surface area contributed by atoms with Crippen LogP contribution in [0, 0.1) is 11.3 Å². The zero-order valence-electron chi connectivity index (χ0n) is 16.6. The zero-order valence-corrected chi connectivity index (χ0v) is 16.6. The second-order valence-electron chi connectivity index (χ2n) is 7.47. The van der Waals surface area contributed by atoms with Crippen molar-refractivity contribution in [2.45, 2.75) is 51.7 Å². The molecular weight excluding hydrogens is 349 g/mol. The number of aliphatic hydroxyl groups is 1. The number of anilines is 1. The molecule has 0 saturated carbocycles. The Balaban J connectivity index is 3.17. The van der Waals surface area contributed by atoms with Crippen molar-refractivity contribution in [2.75, 3.05) is 25.1 Å². The number of benzene rings is 1. The first-order valence-electron chi connectivity index (χ1n) is 8.85. The lowest BCUT2D eigenvalue weighted by atomic mass is 9.94. The van der Waals surface area contributed by atoms with E-state index in [9.17, 15) is 19.2 Å². The molecule has 0 saturated heterocycles. The lowest BCUT2D eigenvalue weighted by molar-refractivity contribution is -0.136. The van der Waals surface area contributed by atoms with Crippen molar-refractivity contribution < 1.29 is 19.1 Å². The van der Waals surface area contributed by atoms with Crippen molar-refractivity contribution >= 4 is 18.0 Å². The summed E-state index contributed by atoms with van der Waals surface area (Å²) in [6.45, 7) is 6.36. The van der Waals surface area contributed by atoms with Crippen LogP contribution in [0.15, 0.2) is 18.2 Å². The van der Waals surface area contributed by atoms with Gasteiger partial charge in [0, 0.05) is 31.5 Å². The van der Waals surface area contributed by atoms with Gasteiger partial charge in [0.2, 0.25) is 6.41 Å². The molecule has 0 radical (unpaired) electrons. The maximum atomic E-state index is 14.5. The van der Waals surface area contributed by atoms with E-state index < -0.39 is 11.2 Å². The van der Waals surface area contributed by atoms with Crippen LogP contribution in [0.25, 0.3) is 0 Å². The number of nitriles is 1. The molecule has 0 heterocycles. The van der Waals surface area contributed by atoms with Crippen molar-refractivity contribution in [1.29, 1.82) is 5.26 Å². The van der Waals surface area contributed by atoms with Gasteiger partial charge in [0.05, 0.1) is 11.6 Å². The molecule has 27 heavy (non-hydrogen) atoms. The van der Waals surface area contributed by atoms with E-state index in [2.05, 4.69) is 0 Å². The Hall–Kier alpha value is -2.46. The molecule has 6 nitrogen and oxygen atoms in total. The molecule has 1 aromatic carbocycles. The van der Waals surface area contributed by atoms with Crippen LogP contribution in [-0.4, -0.2) is 48.1 Å². The molecule has 1 rings (SSSR count). The van der Waals surface area contributed by atoms with Crippen LogP contribution in [0.2, 0.25) is 0 Å². The monoisotopic (exact) mass is 377 g/mol. The number of likely N-dealkylation sites (N-methyl/N-ethyl adjacent to an activating group) is 1. The van der Waals surface area contributed by atoms with Gasteiger partial charge in [-0.05, 0) is 58.7 Å². The minimum Gasteiger partial charge on any atom is -0.396 e. The first-order valence-corrected chi connectivity index (χ1v) is 8.85. The van der Waals surface area contributed by atoms with Gasteiger partial charge < -0.3 is 14.9 Å². The molecule has 0 aliphatic rings. The minimum absolute atomic E-state index is 0.0218. The molecular formula is C20H28FN3O3. The number of aliphatic hydroxyl groups excluding tert-OH is 1. The Bertz CT molecular complexity index is 720. The summed E-state index contributed by atoms with van der Waals surface area (Å²) >= 11 is 0. The number of amides is 2. The van der Waals surface area contributed by atoms with E-state index in [1.807, 2.05) is 6.07 Å². The molecule has 0 spiro atoms. The number of halogens is 1. The Morgan fingerprint density at radius 3 is 2.41 bits per heavy atom. The Labute approximate surface area is 160 Å². The largest absolute Gasteiger partial charge is 0.396 e. The van der Waals surface area contributed by atoms with Gasteiger partial charge in [0.25, 0.3) is 5.91 Å². The summed E-state index contributed by atoms with van der Waals surface area (Å²) in [6, 6.07) is 6.52. The van der Waals surface area contributed by atoms with E-state index in [1.165, 1.54) is 35.8 Å². The van der Waals surface area contributed by atoms with Crippen molar-refractivity contribution in [3.63, 3.8) is 0 Å². The van der Waals surface area contributed by atoms with Crippen molar-refractivity contribution in [3.05, 3.63) is 29.3 Å². The highest BCUT2D eigenvalue weighted by molar-refractivity contribution is 6.00. The fourth-order valence-electron chi connectivity index (χ4n) is 2.84. The van der Waals surface area contributed by atoms with E-state index in [0.29, 0.717) is 31.5 Å². The molecule has 2 amide bonds. The van der Waals surface area contributed by atoms with Crippen LogP contribution in [0.1, 0.15) is 51.7 Å². The Kier molecular flexibility index (Phi) is 7.49. The highest BCUT2D eigenvalue weighted by Gasteiger charge is 2.37. The number of unbranched alkanes of at least 4 members (excludes halogenated alkanes) is 1. The first kappa shape index (κ1) is 22.6. The second kappa shape index (κ2) is 8.96. The average molecular weight is 377 g/mol. The van der Waals surface area contributed by atoms with Crippen LogP contribution >= 0.6 is 0 Å². The van der Waals surface area contributed by atoms with Crippen molar-refractivity contribution in [2.24, 2.45) is 0 Å². The third-order valence-electron chi connectivity index (χ3n) is 4.63. The number of alkyl halides is 1. The number of carbonyl (C=O) groups excluding carboxylic acids is 2. The highest BCUT2D eigenvalue weighted by atomic mass is 19.1. The summed E-state index contributed by atoms with van der Waals surface area (Å²) in [6.07, 6.45) is 1.74. The van der Waals surface area contributed by atoms with Gasteiger partial charge in [0.1, 0.15) is 11.2 Å². The maximum absolute atomic E-state index is 14.5. The smallest absolute Gasteiger partial charge is 0.252 e. The predicted molar refractivity (Wildman–Crippen MR) is 102 cm³/mol. The van der Waals surface area contributed by atoms with Gasteiger partial charge in [-0.1, -0.05) is 0 Å². The SMILES string of the molecule is CN(C(=O)C(C)(C)N(C=O)CCCCO)c1ccc(C#N)c(C(C)(C)F)c1. The van der Waals surface area contributed by atoms with Gasteiger partial charge in [-0.25, -0.2) is 4.39 Å². The van der Waals surface area contributed by atoms with Gasteiger partial charge >= 0.3 is 0 Å². The lowest BCUT2D eigenvalue weighted by Gasteiger charge is -2.37. The standard InChI is InChI=1S/C20H28FN3O3/c1-19(2,21)17-12-16(9-8-15(17)13-22)23(5)18(27)20(3,4)24(14-26)10-6-7-11-25/h8-9,12,14,25H,6-7,10-11H2,1-5H3. The number of hydrogen-bond acceptors (Lipinski definition) is 4. The summed E-state index contributed by atoms with van der Waals surface area (Å²) in [4.78, 5) is 27.3. The number of rotatable bonds is 9. The van der Waals surface area contributed by atoms with Crippen LogP contribution in [0.5, 0.6) is 0 Å². The van der Waals surface area contributed by atoms with Crippen molar-refractivity contribution in [1.82, 2.24) is 4.90 Å². The molecule has 148 valence electrons. The van der Waals surface area contributed by atoms with Crippen molar-refractivity contribution in [3.8, 4) is 6.07 Å². The summed E-state index contributed by atoms with van der Waals surface area (Å²) in [7, 11) is 1.55.